The second-order valence-electron chi connectivity index (χ2n) is 4.33. The number of amides is 1. The first-order valence-corrected chi connectivity index (χ1v) is 6.20. The van der Waals surface area contributed by atoms with Crippen LogP contribution in [-0.4, -0.2) is 37.7 Å². The Bertz CT molecular complexity index is 555. The molecule has 0 atom stereocenters. The maximum Gasteiger partial charge on any atom is 0.524 e. The number of nitrogens with zero attached hydrogens (tertiary/aromatic N) is 3. The molecule has 21 heavy (non-hydrogen) atoms. The lowest BCUT2D eigenvalue weighted by Crippen LogP contribution is -2.42. The number of carbonyl (C=O) groups is 1. The molecule has 0 unspecified atom stereocenters. The van der Waals surface area contributed by atoms with Gasteiger partial charge in [0.15, 0.2) is 6.61 Å². The molecule has 0 aliphatic carbocycles. The number of fused-ring (bicyclic) bond motifs is 1. The standard InChI is InChI=1S/C11H13BN4O5/c13-16(5-4-14-18)10(17)7-20-9-3-1-2-8-6-21-12(15-19)11(8)9/h1-3H,4-7,13H2. The maximum absolute atomic E-state index is 11.7. The van der Waals surface area contributed by atoms with Crippen molar-refractivity contribution >= 4 is 18.4 Å². The van der Waals surface area contributed by atoms with Crippen LogP contribution in [0.15, 0.2) is 28.5 Å². The van der Waals surface area contributed by atoms with Crippen LogP contribution in [-0.2, 0) is 16.1 Å². The summed E-state index contributed by atoms with van der Waals surface area (Å²) in [7, 11) is -0.931. The van der Waals surface area contributed by atoms with Gasteiger partial charge in [0.05, 0.1) is 13.2 Å². The average molecular weight is 292 g/mol. The van der Waals surface area contributed by atoms with E-state index in [9.17, 15) is 14.6 Å². The van der Waals surface area contributed by atoms with E-state index in [0.29, 0.717) is 11.2 Å². The number of benzene rings is 1. The van der Waals surface area contributed by atoms with Crippen LogP contribution in [0.4, 0.5) is 0 Å². The van der Waals surface area contributed by atoms with Gasteiger partial charge >= 0.3 is 7.05 Å². The number of ether oxygens (including phenoxy) is 1. The number of hydrogen-bond acceptors (Lipinski definition) is 8. The number of rotatable bonds is 7. The zero-order chi connectivity index (χ0) is 15.2. The fourth-order valence-corrected chi connectivity index (χ4v) is 1.95. The third kappa shape index (κ3) is 3.41. The number of hydrazine groups is 1. The molecule has 2 rings (SSSR count). The summed E-state index contributed by atoms with van der Waals surface area (Å²) in [6.07, 6.45) is 0. The molecule has 1 aromatic rings. The highest BCUT2D eigenvalue weighted by Crippen LogP contribution is 2.19. The summed E-state index contributed by atoms with van der Waals surface area (Å²) in [6.45, 7) is -0.129. The quantitative estimate of drug-likeness (QED) is 0.238. The van der Waals surface area contributed by atoms with Crippen LogP contribution < -0.4 is 16.0 Å². The van der Waals surface area contributed by atoms with Crippen molar-refractivity contribution in [1.82, 2.24) is 5.01 Å². The minimum atomic E-state index is -0.931. The first kappa shape index (κ1) is 15.1. The molecule has 0 saturated heterocycles. The summed E-state index contributed by atoms with van der Waals surface area (Å²) in [6, 6.07) is 5.14. The predicted octanol–water partition coefficient (Wildman–Crippen LogP) is -0.474. The van der Waals surface area contributed by atoms with E-state index in [1.54, 1.807) is 18.2 Å². The SMILES string of the molecule is NN(CCN=O)C(=O)COc1cccc2c1B(N=O)OC2. The zero-order valence-electron chi connectivity index (χ0n) is 11.1. The van der Waals surface area contributed by atoms with E-state index in [1.807, 2.05) is 0 Å². The second-order valence-corrected chi connectivity index (χ2v) is 4.33. The predicted molar refractivity (Wildman–Crippen MR) is 74.5 cm³/mol. The number of carbonyl (C=O) groups excluding carboxylic acids is 1. The van der Waals surface area contributed by atoms with Gasteiger partial charge in [-0.05, 0) is 11.6 Å². The minimum absolute atomic E-state index is 0.0141. The molecule has 10 heteroatoms. The van der Waals surface area contributed by atoms with Gasteiger partial charge in [0, 0.05) is 5.46 Å². The maximum atomic E-state index is 11.7. The summed E-state index contributed by atoms with van der Waals surface area (Å²) < 4.78 is 10.6. The molecule has 110 valence electrons. The van der Waals surface area contributed by atoms with E-state index < -0.39 is 13.0 Å². The highest BCUT2D eigenvalue weighted by atomic mass is 16.5. The third-order valence-electron chi connectivity index (χ3n) is 3.00. The van der Waals surface area contributed by atoms with Crippen molar-refractivity contribution < 1.29 is 14.2 Å². The van der Waals surface area contributed by atoms with Gasteiger partial charge in [0.2, 0.25) is 0 Å². The molecular weight excluding hydrogens is 279 g/mol. The lowest BCUT2D eigenvalue weighted by Gasteiger charge is -2.16. The average Bonchev–Trinajstić information content (AvgIpc) is 2.93. The number of hydrogen-bond donors (Lipinski definition) is 1. The van der Waals surface area contributed by atoms with Gasteiger partial charge in [-0.25, -0.2) is 5.84 Å². The molecule has 1 amide bonds. The normalized spacial score (nSPS) is 12.7. The van der Waals surface area contributed by atoms with Gasteiger partial charge in [-0.2, -0.15) is 9.81 Å². The van der Waals surface area contributed by atoms with E-state index >= 15 is 0 Å². The summed E-state index contributed by atoms with van der Waals surface area (Å²) in [5.74, 6) is 5.29. The van der Waals surface area contributed by atoms with Crippen molar-refractivity contribution in [2.24, 2.45) is 16.1 Å². The van der Waals surface area contributed by atoms with Crippen molar-refractivity contribution in [1.29, 1.82) is 0 Å². The molecule has 0 spiro atoms. The number of nitrogens with two attached hydrogens (primary N) is 1. The lowest BCUT2D eigenvalue weighted by molar-refractivity contribution is -0.133. The van der Waals surface area contributed by atoms with E-state index in [-0.39, 0.29) is 26.3 Å². The molecule has 1 heterocycles. The zero-order valence-corrected chi connectivity index (χ0v) is 11.1. The van der Waals surface area contributed by atoms with Crippen molar-refractivity contribution in [3.8, 4) is 5.75 Å². The van der Waals surface area contributed by atoms with Crippen molar-refractivity contribution in [2.75, 3.05) is 19.7 Å². The fraction of sp³-hybridized carbons (Fsp3) is 0.364. The van der Waals surface area contributed by atoms with E-state index in [1.165, 1.54) is 0 Å². The van der Waals surface area contributed by atoms with Crippen LogP contribution in [0.2, 0.25) is 0 Å². The highest BCUT2D eigenvalue weighted by Gasteiger charge is 2.34. The fourth-order valence-electron chi connectivity index (χ4n) is 1.95. The van der Waals surface area contributed by atoms with Crippen LogP contribution in [0.3, 0.4) is 0 Å². The first-order valence-electron chi connectivity index (χ1n) is 6.20. The summed E-state index contributed by atoms with van der Waals surface area (Å²) >= 11 is 0. The lowest BCUT2D eigenvalue weighted by atomic mass is 9.74. The topological polar surface area (TPSA) is 124 Å². The Kier molecular flexibility index (Phi) is 4.96. The van der Waals surface area contributed by atoms with Gasteiger partial charge in [0.1, 0.15) is 12.3 Å². The summed E-state index contributed by atoms with van der Waals surface area (Å²) in [5.41, 5.74) is 1.32. The molecule has 0 aromatic heterocycles. The number of nitroso groups, excluding NO2 is 2. The molecule has 1 aliphatic rings. The Morgan fingerprint density at radius 1 is 1.48 bits per heavy atom. The van der Waals surface area contributed by atoms with Gasteiger partial charge in [-0.1, -0.05) is 22.4 Å². The Morgan fingerprint density at radius 3 is 3.00 bits per heavy atom. The van der Waals surface area contributed by atoms with Crippen LogP contribution >= 0.6 is 0 Å². The van der Waals surface area contributed by atoms with Gasteiger partial charge in [-0.15, -0.1) is 0 Å². The molecule has 2 N–H and O–H groups in total. The van der Waals surface area contributed by atoms with E-state index in [2.05, 4.69) is 10.3 Å². The van der Waals surface area contributed by atoms with E-state index in [4.69, 9.17) is 15.2 Å². The Labute approximate surface area is 120 Å². The molecule has 9 nitrogen and oxygen atoms in total. The van der Waals surface area contributed by atoms with Crippen molar-refractivity contribution in [3.63, 3.8) is 0 Å². The van der Waals surface area contributed by atoms with Crippen LogP contribution in [0.5, 0.6) is 5.75 Å². The van der Waals surface area contributed by atoms with Gasteiger partial charge in [0.25, 0.3) is 5.91 Å². The van der Waals surface area contributed by atoms with Crippen molar-refractivity contribution in [2.45, 2.75) is 6.61 Å². The Morgan fingerprint density at radius 2 is 2.29 bits per heavy atom. The second kappa shape index (κ2) is 6.91. The summed E-state index contributed by atoms with van der Waals surface area (Å²) in [5, 5.41) is 6.35. The van der Waals surface area contributed by atoms with E-state index in [0.717, 1.165) is 10.6 Å². The Hall–Kier alpha value is -2.33. The first-order chi connectivity index (χ1) is 10.2. The molecule has 0 bridgehead atoms. The molecule has 1 aromatic carbocycles. The largest absolute Gasteiger partial charge is 0.524 e. The smallest absolute Gasteiger partial charge is 0.484 e. The van der Waals surface area contributed by atoms with Crippen LogP contribution in [0, 0.1) is 9.81 Å². The minimum Gasteiger partial charge on any atom is -0.484 e. The monoisotopic (exact) mass is 292 g/mol. The van der Waals surface area contributed by atoms with Gasteiger partial charge in [-0.3, -0.25) is 9.80 Å². The van der Waals surface area contributed by atoms with Gasteiger partial charge < -0.3 is 9.39 Å². The molecule has 0 radical (unpaired) electrons. The molecule has 0 saturated carbocycles. The van der Waals surface area contributed by atoms with Crippen LogP contribution in [0.25, 0.3) is 0 Å². The van der Waals surface area contributed by atoms with Crippen molar-refractivity contribution in [3.05, 3.63) is 33.6 Å². The summed E-state index contributed by atoms with van der Waals surface area (Å²) in [4.78, 5) is 32.4. The molecule has 0 fully saturated rings. The highest BCUT2D eigenvalue weighted by molar-refractivity contribution is 6.68. The third-order valence-corrected chi connectivity index (χ3v) is 3.00. The van der Waals surface area contributed by atoms with Crippen LogP contribution in [0.1, 0.15) is 5.56 Å². The Balaban J connectivity index is 2.01. The molecular formula is C11H13BN4O5. The molecule has 1 aliphatic heterocycles.